The largest absolute Gasteiger partial charge is 0.173 e. The molecular formula is C17H22Cl2Si2. The molecule has 2 rings (SSSR count). The van der Waals surface area contributed by atoms with Gasteiger partial charge in [-0.1, -0.05) is 80.1 Å². The molecule has 0 bridgehead atoms. The van der Waals surface area contributed by atoms with Crippen LogP contribution in [0, 0.1) is 0 Å². The van der Waals surface area contributed by atoms with Crippen LogP contribution in [-0.2, 0) is 0 Å². The second-order valence-corrected chi connectivity index (χ2v) is 19.3. The number of benzene rings is 1. The molecule has 0 saturated carbocycles. The average Bonchev–Trinajstić information content (AvgIpc) is 2.71. The van der Waals surface area contributed by atoms with Crippen LogP contribution < -0.4 is 0 Å². The SMILES string of the molecule is C[Si](C)(Cl)/C=C/C1=CC(/C=C/[Si](C)(C)Cl)c2ccccc21. The summed E-state index contributed by atoms with van der Waals surface area (Å²) in [5, 5.41) is 0. The predicted octanol–water partition coefficient (Wildman–Crippen LogP) is 6.25. The summed E-state index contributed by atoms with van der Waals surface area (Å²) < 4.78 is 0. The Hall–Kier alpha value is -0.546. The standard InChI is InChI=1S/C17H22Cl2Si2/c1-20(2,18)11-9-14-13-15(10-12-21(3,4)19)17-8-6-5-7-16(14)17/h5-14H,1-4H3/b11-9+,12-10+. The molecule has 0 aromatic heterocycles. The van der Waals surface area contributed by atoms with Crippen molar-refractivity contribution in [3.8, 4) is 0 Å². The first-order valence-corrected chi connectivity index (χ1v) is 15.4. The van der Waals surface area contributed by atoms with E-state index in [4.69, 9.17) is 22.2 Å². The highest BCUT2D eigenvalue weighted by Crippen LogP contribution is 2.38. The van der Waals surface area contributed by atoms with Crippen molar-refractivity contribution in [2.24, 2.45) is 0 Å². The molecule has 0 amide bonds. The van der Waals surface area contributed by atoms with Gasteiger partial charge in [-0.05, 0) is 16.7 Å². The third kappa shape index (κ3) is 4.99. The van der Waals surface area contributed by atoms with Gasteiger partial charge in [0.15, 0.2) is 14.8 Å². The Balaban J connectivity index is 2.34. The maximum absolute atomic E-state index is 6.40. The fourth-order valence-electron chi connectivity index (χ4n) is 2.35. The molecular weight excluding hydrogens is 331 g/mol. The van der Waals surface area contributed by atoms with Crippen LogP contribution in [0.1, 0.15) is 17.0 Å². The van der Waals surface area contributed by atoms with Crippen molar-refractivity contribution in [1.82, 2.24) is 0 Å². The summed E-state index contributed by atoms with van der Waals surface area (Å²) in [6, 6.07) is 8.58. The Labute approximate surface area is 139 Å². The van der Waals surface area contributed by atoms with Crippen LogP contribution in [-0.4, -0.2) is 14.8 Å². The zero-order valence-corrected chi connectivity index (χ0v) is 16.5. The predicted molar refractivity (Wildman–Crippen MR) is 102 cm³/mol. The van der Waals surface area contributed by atoms with Crippen molar-refractivity contribution in [2.75, 3.05) is 0 Å². The maximum atomic E-state index is 6.40. The summed E-state index contributed by atoms with van der Waals surface area (Å²) >= 11 is 12.8. The summed E-state index contributed by atoms with van der Waals surface area (Å²) in [6.07, 6.45) is 6.75. The van der Waals surface area contributed by atoms with Crippen LogP contribution in [0.15, 0.2) is 53.9 Å². The number of hydrogen-bond donors (Lipinski definition) is 0. The summed E-state index contributed by atoms with van der Waals surface area (Å²) in [6.45, 7) is 8.53. The molecule has 1 unspecified atom stereocenters. The Morgan fingerprint density at radius 1 is 0.952 bits per heavy atom. The van der Waals surface area contributed by atoms with Crippen molar-refractivity contribution in [3.63, 3.8) is 0 Å². The zero-order chi connectivity index (χ0) is 15.7. The molecule has 1 aliphatic carbocycles. The summed E-state index contributed by atoms with van der Waals surface area (Å²) in [4.78, 5) is 0. The number of hydrogen-bond acceptors (Lipinski definition) is 0. The molecule has 0 radical (unpaired) electrons. The zero-order valence-electron chi connectivity index (χ0n) is 13.0. The van der Waals surface area contributed by atoms with Gasteiger partial charge in [0.1, 0.15) is 0 Å². The van der Waals surface area contributed by atoms with Gasteiger partial charge in [-0.3, -0.25) is 0 Å². The molecule has 0 aliphatic heterocycles. The molecule has 1 aliphatic rings. The topological polar surface area (TPSA) is 0 Å². The summed E-state index contributed by atoms with van der Waals surface area (Å²) in [7, 11) is -3.38. The van der Waals surface area contributed by atoms with Gasteiger partial charge in [0.2, 0.25) is 0 Å². The van der Waals surface area contributed by atoms with Gasteiger partial charge < -0.3 is 0 Å². The van der Waals surface area contributed by atoms with Crippen molar-refractivity contribution in [3.05, 3.63) is 65.0 Å². The summed E-state index contributed by atoms with van der Waals surface area (Å²) in [5.74, 6) is 0.325. The van der Waals surface area contributed by atoms with E-state index in [2.05, 4.69) is 80.1 Å². The van der Waals surface area contributed by atoms with E-state index < -0.39 is 14.8 Å². The fourth-order valence-corrected chi connectivity index (χ4v) is 4.00. The first-order chi connectivity index (χ1) is 9.66. The van der Waals surface area contributed by atoms with Crippen molar-refractivity contribution in [1.29, 1.82) is 0 Å². The fraction of sp³-hybridized carbons (Fsp3) is 0.294. The smallest absolute Gasteiger partial charge is 0.162 e. The normalized spacial score (nSPS) is 19.3. The van der Waals surface area contributed by atoms with E-state index in [0.717, 1.165) is 0 Å². The number of allylic oxidation sites excluding steroid dienone is 4. The van der Waals surface area contributed by atoms with E-state index in [-0.39, 0.29) is 0 Å². The van der Waals surface area contributed by atoms with E-state index in [0.29, 0.717) is 5.92 Å². The van der Waals surface area contributed by atoms with E-state index in [1.807, 2.05) is 0 Å². The molecule has 21 heavy (non-hydrogen) atoms. The van der Waals surface area contributed by atoms with Gasteiger partial charge in [0, 0.05) is 5.92 Å². The lowest BCUT2D eigenvalue weighted by Crippen LogP contribution is -2.12. The molecule has 1 aromatic rings. The molecule has 112 valence electrons. The van der Waals surface area contributed by atoms with E-state index in [1.165, 1.54) is 16.7 Å². The van der Waals surface area contributed by atoms with Gasteiger partial charge >= 0.3 is 0 Å². The lowest BCUT2D eigenvalue weighted by Gasteiger charge is -2.09. The van der Waals surface area contributed by atoms with E-state index >= 15 is 0 Å². The number of fused-ring (bicyclic) bond motifs is 1. The first kappa shape index (κ1) is 16.8. The van der Waals surface area contributed by atoms with Gasteiger partial charge in [-0.15, -0.1) is 0 Å². The molecule has 0 saturated heterocycles. The lowest BCUT2D eigenvalue weighted by atomic mass is 10.0. The third-order valence-electron chi connectivity index (χ3n) is 3.35. The van der Waals surface area contributed by atoms with Crippen LogP contribution in [0.5, 0.6) is 0 Å². The first-order valence-electron chi connectivity index (χ1n) is 7.23. The molecule has 0 fully saturated rings. The molecule has 0 heterocycles. The van der Waals surface area contributed by atoms with E-state index in [9.17, 15) is 0 Å². The molecule has 1 aromatic carbocycles. The van der Waals surface area contributed by atoms with Crippen molar-refractivity contribution in [2.45, 2.75) is 32.1 Å². The quantitative estimate of drug-likeness (QED) is 0.443. The summed E-state index contributed by atoms with van der Waals surface area (Å²) in [5.41, 5.74) is 8.34. The van der Waals surface area contributed by atoms with Crippen molar-refractivity contribution >= 4 is 42.5 Å². The molecule has 0 nitrogen and oxygen atoms in total. The molecule has 1 atom stereocenters. The minimum atomic E-state index is -1.70. The number of rotatable bonds is 4. The van der Waals surface area contributed by atoms with Crippen LogP contribution in [0.3, 0.4) is 0 Å². The van der Waals surface area contributed by atoms with E-state index in [1.54, 1.807) is 0 Å². The van der Waals surface area contributed by atoms with Gasteiger partial charge in [-0.25, -0.2) is 0 Å². The number of halogens is 2. The van der Waals surface area contributed by atoms with Crippen LogP contribution in [0.2, 0.25) is 26.2 Å². The molecule has 0 N–H and O–H groups in total. The second-order valence-electron chi connectivity index (χ2n) is 6.56. The Morgan fingerprint density at radius 2 is 1.57 bits per heavy atom. The Kier molecular flexibility index (Phi) is 5.04. The highest BCUT2D eigenvalue weighted by Gasteiger charge is 2.22. The molecule has 0 spiro atoms. The highest BCUT2D eigenvalue weighted by atomic mass is 35.6. The minimum Gasteiger partial charge on any atom is -0.162 e. The average molecular weight is 353 g/mol. The van der Waals surface area contributed by atoms with Crippen molar-refractivity contribution < 1.29 is 0 Å². The van der Waals surface area contributed by atoms with Gasteiger partial charge in [-0.2, -0.15) is 22.2 Å². The van der Waals surface area contributed by atoms with Crippen LogP contribution in [0.4, 0.5) is 0 Å². The van der Waals surface area contributed by atoms with Crippen LogP contribution in [0.25, 0.3) is 5.57 Å². The monoisotopic (exact) mass is 352 g/mol. The third-order valence-corrected chi connectivity index (χ3v) is 6.05. The maximum Gasteiger partial charge on any atom is 0.173 e. The lowest BCUT2D eigenvalue weighted by molar-refractivity contribution is 1.11. The van der Waals surface area contributed by atoms with Gasteiger partial charge in [0.05, 0.1) is 0 Å². The Bertz CT molecular complexity index is 602. The second kappa shape index (κ2) is 6.29. The van der Waals surface area contributed by atoms with Gasteiger partial charge in [0.25, 0.3) is 0 Å². The highest BCUT2D eigenvalue weighted by molar-refractivity contribution is 7.22. The Morgan fingerprint density at radius 3 is 2.19 bits per heavy atom. The molecule has 4 heteroatoms. The van der Waals surface area contributed by atoms with Crippen LogP contribution >= 0.6 is 22.2 Å². The minimum absolute atomic E-state index is 0.325.